The molecule has 0 amide bonds. The fraction of sp³-hybridized carbons (Fsp3) is 0.0909. The molecule has 0 saturated carbocycles. The fourth-order valence-corrected chi connectivity index (χ4v) is 2.96. The molecule has 3 heteroatoms. The second-order valence-electron chi connectivity index (χ2n) is 5.86. The van der Waals surface area contributed by atoms with Crippen LogP contribution in [-0.2, 0) is 0 Å². The number of carbonyl (C=O) groups excluding carboxylic acids is 1. The van der Waals surface area contributed by atoms with Gasteiger partial charge in [0.2, 0.25) is 5.78 Å². The lowest BCUT2D eigenvalue weighted by Gasteiger charge is -2.09. The molecule has 0 radical (unpaired) electrons. The number of rotatable bonds is 4. The van der Waals surface area contributed by atoms with Gasteiger partial charge in [0.1, 0.15) is 11.6 Å². The van der Waals surface area contributed by atoms with Crippen LogP contribution >= 0.6 is 0 Å². The number of para-hydroxylation sites is 1. The van der Waals surface area contributed by atoms with Gasteiger partial charge in [-0.3, -0.25) is 4.79 Å². The Morgan fingerprint density at radius 1 is 1.00 bits per heavy atom. The van der Waals surface area contributed by atoms with Crippen molar-refractivity contribution < 1.29 is 4.79 Å². The van der Waals surface area contributed by atoms with Gasteiger partial charge >= 0.3 is 0 Å². The van der Waals surface area contributed by atoms with Gasteiger partial charge < -0.3 is 4.57 Å². The van der Waals surface area contributed by atoms with Crippen LogP contribution in [0.5, 0.6) is 0 Å². The van der Waals surface area contributed by atoms with E-state index in [0.717, 1.165) is 22.6 Å². The standard InChI is InChI=1S/C22H18N2O/c1-16-13-19(17(2)24(16)21-11-7-4-8-12-21)14-20(15-23)22(25)18-9-5-3-6-10-18/h3-14H,1-2H3/b20-14+. The number of Topliss-reactive ketones (excluding diaryl/α,β-unsaturated/α-hetero) is 1. The van der Waals surface area contributed by atoms with Crippen LogP contribution in [0.3, 0.4) is 0 Å². The first kappa shape index (κ1) is 16.5. The largest absolute Gasteiger partial charge is 0.318 e. The van der Waals surface area contributed by atoms with Gasteiger partial charge in [-0.05, 0) is 43.7 Å². The molecule has 122 valence electrons. The zero-order valence-electron chi connectivity index (χ0n) is 14.2. The number of aryl methyl sites for hydroxylation is 1. The molecule has 0 aliphatic rings. The van der Waals surface area contributed by atoms with Gasteiger partial charge in [0.25, 0.3) is 0 Å². The van der Waals surface area contributed by atoms with Gasteiger partial charge in [-0.15, -0.1) is 0 Å². The minimum Gasteiger partial charge on any atom is -0.318 e. The Balaban J connectivity index is 2.04. The SMILES string of the molecule is Cc1cc(/C=C(\C#N)C(=O)c2ccccc2)c(C)n1-c1ccccc1. The van der Waals surface area contributed by atoms with Crippen molar-refractivity contribution in [1.29, 1.82) is 5.26 Å². The molecule has 0 N–H and O–H groups in total. The maximum absolute atomic E-state index is 12.6. The summed E-state index contributed by atoms with van der Waals surface area (Å²) in [7, 11) is 0. The van der Waals surface area contributed by atoms with Crippen molar-refractivity contribution in [2.24, 2.45) is 0 Å². The Morgan fingerprint density at radius 3 is 2.20 bits per heavy atom. The molecule has 3 aromatic rings. The summed E-state index contributed by atoms with van der Waals surface area (Å²) in [6.07, 6.45) is 1.68. The lowest BCUT2D eigenvalue weighted by atomic mass is 10.0. The maximum atomic E-state index is 12.6. The third-order valence-corrected chi connectivity index (χ3v) is 4.19. The van der Waals surface area contributed by atoms with Crippen molar-refractivity contribution in [3.63, 3.8) is 0 Å². The number of benzene rings is 2. The van der Waals surface area contributed by atoms with Crippen LogP contribution in [0.25, 0.3) is 11.8 Å². The highest BCUT2D eigenvalue weighted by molar-refractivity contribution is 6.14. The molecule has 0 spiro atoms. The van der Waals surface area contributed by atoms with Gasteiger partial charge in [-0.2, -0.15) is 5.26 Å². The van der Waals surface area contributed by atoms with Gasteiger partial charge in [-0.25, -0.2) is 0 Å². The molecule has 3 rings (SSSR count). The molecule has 2 aromatic carbocycles. The number of hydrogen-bond donors (Lipinski definition) is 0. The summed E-state index contributed by atoms with van der Waals surface area (Å²) in [5.41, 5.74) is 4.65. The first-order chi connectivity index (χ1) is 12.1. The first-order valence-corrected chi connectivity index (χ1v) is 8.07. The third kappa shape index (κ3) is 3.29. The highest BCUT2D eigenvalue weighted by atomic mass is 16.1. The van der Waals surface area contributed by atoms with Crippen molar-refractivity contribution in [3.8, 4) is 11.8 Å². The zero-order chi connectivity index (χ0) is 17.8. The van der Waals surface area contributed by atoms with Crippen LogP contribution in [0.4, 0.5) is 0 Å². The average Bonchev–Trinajstić information content (AvgIpc) is 2.94. The Hall–Kier alpha value is -3.38. The van der Waals surface area contributed by atoms with E-state index in [1.165, 1.54) is 0 Å². The van der Waals surface area contributed by atoms with Crippen LogP contribution in [-0.4, -0.2) is 10.4 Å². The molecule has 1 heterocycles. The molecule has 0 atom stereocenters. The smallest absolute Gasteiger partial charge is 0.203 e. The molecule has 25 heavy (non-hydrogen) atoms. The van der Waals surface area contributed by atoms with E-state index >= 15 is 0 Å². The minimum absolute atomic E-state index is 0.138. The van der Waals surface area contributed by atoms with Crippen LogP contribution in [0, 0.1) is 25.2 Å². The zero-order valence-corrected chi connectivity index (χ0v) is 14.2. The number of hydrogen-bond acceptors (Lipinski definition) is 2. The van der Waals surface area contributed by atoms with E-state index < -0.39 is 0 Å². The molecule has 0 saturated heterocycles. The Bertz CT molecular complexity index is 974. The van der Waals surface area contributed by atoms with Crippen LogP contribution < -0.4 is 0 Å². The molecule has 3 nitrogen and oxygen atoms in total. The summed E-state index contributed by atoms with van der Waals surface area (Å²) in [6, 6.07) is 23.0. The average molecular weight is 326 g/mol. The molecular formula is C22H18N2O. The number of allylic oxidation sites excluding steroid dienone is 1. The van der Waals surface area contributed by atoms with Crippen molar-refractivity contribution in [3.05, 3.63) is 94.8 Å². The van der Waals surface area contributed by atoms with Crippen LogP contribution in [0.2, 0.25) is 0 Å². The van der Waals surface area contributed by atoms with E-state index in [0.29, 0.717) is 5.56 Å². The highest BCUT2D eigenvalue weighted by Crippen LogP contribution is 2.23. The monoisotopic (exact) mass is 326 g/mol. The highest BCUT2D eigenvalue weighted by Gasteiger charge is 2.14. The molecule has 0 bridgehead atoms. The molecular weight excluding hydrogens is 308 g/mol. The van der Waals surface area contributed by atoms with Gasteiger partial charge in [-0.1, -0.05) is 48.5 Å². The second kappa shape index (κ2) is 7.02. The first-order valence-electron chi connectivity index (χ1n) is 8.07. The number of ketones is 1. The lowest BCUT2D eigenvalue weighted by molar-refractivity contribution is 0.104. The van der Waals surface area contributed by atoms with Crippen molar-refractivity contribution in [2.45, 2.75) is 13.8 Å². The molecule has 0 aliphatic carbocycles. The number of carbonyl (C=O) groups is 1. The van der Waals surface area contributed by atoms with Gasteiger partial charge in [0, 0.05) is 22.6 Å². The summed E-state index contributed by atoms with van der Waals surface area (Å²) < 4.78 is 2.12. The Morgan fingerprint density at radius 2 is 1.60 bits per heavy atom. The summed E-state index contributed by atoms with van der Waals surface area (Å²) in [5.74, 6) is -0.257. The van der Waals surface area contributed by atoms with Gasteiger partial charge in [0.05, 0.1) is 0 Å². The van der Waals surface area contributed by atoms with E-state index in [9.17, 15) is 10.1 Å². The number of nitrogens with zero attached hydrogens (tertiary/aromatic N) is 2. The van der Waals surface area contributed by atoms with Crippen molar-refractivity contribution in [2.75, 3.05) is 0 Å². The lowest BCUT2D eigenvalue weighted by Crippen LogP contribution is -2.02. The van der Waals surface area contributed by atoms with Crippen LogP contribution in [0.1, 0.15) is 27.3 Å². The van der Waals surface area contributed by atoms with Crippen molar-refractivity contribution in [1.82, 2.24) is 4.57 Å². The fourth-order valence-electron chi connectivity index (χ4n) is 2.96. The maximum Gasteiger partial charge on any atom is 0.203 e. The van der Waals surface area contributed by atoms with E-state index in [4.69, 9.17) is 0 Å². The predicted molar refractivity (Wildman–Crippen MR) is 99.6 cm³/mol. The second-order valence-corrected chi connectivity index (χ2v) is 5.86. The summed E-state index contributed by atoms with van der Waals surface area (Å²) in [4.78, 5) is 12.6. The van der Waals surface area contributed by atoms with E-state index in [2.05, 4.69) is 4.57 Å². The summed E-state index contributed by atoms with van der Waals surface area (Å²) in [5, 5.41) is 9.46. The molecule has 1 aromatic heterocycles. The topological polar surface area (TPSA) is 45.8 Å². The van der Waals surface area contributed by atoms with Crippen molar-refractivity contribution >= 4 is 11.9 Å². The van der Waals surface area contributed by atoms with Crippen LogP contribution in [0.15, 0.2) is 72.3 Å². The quantitative estimate of drug-likeness (QED) is 0.389. The normalized spacial score (nSPS) is 11.2. The minimum atomic E-state index is -0.257. The summed E-state index contributed by atoms with van der Waals surface area (Å²) in [6.45, 7) is 4.01. The third-order valence-electron chi connectivity index (χ3n) is 4.19. The number of nitriles is 1. The van der Waals surface area contributed by atoms with E-state index in [1.54, 1.807) is 30.3 Å². The molecule has 0 fully saturated rings. The Labute approximate surface area is 147 Å². The summed E-state index contributed by atoms with van der Waals surface area (Å²) >= 11 is 0. The van der Waals surface area contributed by atoms with E-state index in [-0.39, 0.29) is 11.4 Å². The van der Waals surface area contributed by atoms with E-state index in [1.807, 2.05) is 62.4 Å². The molecule has 0 unspecified atom stereocenters. The number of aromatic nitrogens is 1. The van der Waals surface area contributed by atoms with Gasteiger partial charge in [0.15, 0.2) is 0 Å². The Kier molecular flexibility index (Phi) is 4.63. The molecule has 0 aliphatic heterocycles. The predicted octanol–water partition coefficient (Wildman–Crippen LogP) is 4.88.